The minimum Gasteiger partial charge on any atom is -0.480 e. The number of carboxylic acids is 1. The molecule has 1 amide bonds. The van der Waals surface area contributed by atoms with E-state index in [0.717, 1.165) is 44.2 Å². The lowest BCUT2D eigenvalue weighted by Crippen LogP contribution is -2.47. The molecule has 2 N–H and O–H groups in total. The summed E-state index contributed by atoms with van der Waals surface area (Å²) < 4.78 is 26.0. The Kier molecular flexibility index (Phi) is 5.46. The third-order valence-corrected chi connectivity index (χ3v) is 4.05. The van der Waals surface area contributed by atoms with Crippen LogP contribution in [0.2, 0.25) is 0 Å². The van der Waals surface area contributed by atoms with E-state index in [-0.39, 0.29) is 12.3 Å². The molecule has 0 aliphatic heterocycles. The molecule has 1 aliphatic carbocycles. The van der Waals surface area contributed by atoms with Gasteiger partial charge in [-0.05, 0) is 36.5 Å². The van der Waals surface area contributed by atoms with Crippen molar-refractivity contribution < 1.29 is 23.5 Å². The van der Waals surface area contributed by atoms with Gasteiger partial charge in [-0.1, -0.05) is 25.3 Å². The van der Waals surface area contributed by atoms with Gasteiger partial charge in [0.25, 0.3) is 0 Å². The molecule has 2 rings (SSSR count). The number of benzene rings is 1. The highest BCUT2D eigenvalue weighted by molar-refractivity contribution is 5.85. The van der Waals surface area contributed by atoms with Crippen molar-refractivity contribution in [2.45, 2.75) is 44.6 Å². The van der Waals surface area contributed by atoms with Crippen LogP contribution in [0.15, 0.2) is 18.2 Å². The number of hydrogen-bond acceptors (Lipinski definition) is 2. The van der Waals surface area contributed by atoms with Crippen molar-refractivity contribution in [1.82, 2.24) is 5.32 Å². The third kappa shape index (κ3) is 4.26. The molecule has 0 aromatic heterocycles. The van der Waals surface area contributed by atoms with Crippen LogP contribution >= 0.6 is 0 Å². The summed E-state index contributed by atoms with van der Waals surface area (Å²) in [6.07, 6.45) is 4.41. The summed E-state index contributed by atoms with van der Waals surface area (Å²) >= 11 is 0. The van der Waals surface area contributed by atoms with Crippen molar-refractivity contribution in [3.05, 3.63) is 35.4 Å². The van der Waals surface area contributed by atoms with Gasteiger partial charge in [0.15, 0.2) is 11.6 Å². The van der Waals surface area contributed by atoms with Crippen molar-refractivity contribution in [2.75, 3.05) is 0 Å². The van der Waals surface area contributed by atoms with Crippen LogP contribution in [0.4, 0.5) is 8.78 Å². The van der Waals surface area contributed by atoms with Gasteiger partial charge in [-0.25, -0.2) is 13.6 Å². The molecule has 0 bridgehead atoms. The number of hydrogen-bond donors (Lipinski definition) is 2. The number of carboxylic acid groups (broad SMARTS) is 1. The Hall–Kier alpha value is -1.98. The van der Waals surface area contributed by atoms with Crippen LogP contribution in [0.3, 0.4) is 0 Å². The molecule has 1 aromatic carbocycles. The second kappa shape index (κ2) is 7.33. The summed E-state index contributed by atoms with van der Waals surface area (Å²) in [4.78, 5) is 23.3. The Morgan fingerprint density at radius 2 is 1.86 bits per heavy atom. The number of amides is 1. The van der Waals surface area contributed by atoms with Gasteiger partial charge in [0.2, 0.25) is 5.91 Å². The minimum absolute atomic E-state index is 0.0693. The van der Waals surface area contributed by atoms with E-state index < -0.39 is 29.6 Å². The average Bonchev–Trinajstić information content (AvgIpc) is 2.49. The maximum atomic E-state index is 13.1. The minimum atomic E-state index is -1.05. The van der Waals surface area contributed by atoms with Crippen LogP contribution in [0.1, 0.15) is 37.7 Å². The van der Waals surface area contributed by atoms with Crippen molar-refractivity contribution >= 4 is 11.9 Å². The van der Waals surface area contributed by atoms with E-state index in [1.807, 2.05) is 0 Å². The molecule has 0 saturated heterocycles. The van der Waals surface area contributed by atoms with E-state index in [4.69, 9.17) is 0 Å². The van der Waals surface area contributed by atoms with Crippen molar-refractivity contribution in [1.29, 1.82) is 0 Å². The van der Waals surface area contributed by atoms with Gasteiger partial charge in [0.1, 0.15) is 6.04 Å². The van der Waals surface area contributed by atoms with E-state index in [9.17, 15) is 23.5 Å². The number of aliphatic carboxylic acids is 1. The van der Waals surface area contributed by atoms with Crippen molar-refractivity contribution in [3.63, 3.8) is 0 Å². The zero-order valence-corrected chi connectivity index (χ0v) is 12.1. The highest BCUT2D eigenvalue weighted by Crippen LogP contribution is 2.26. The van der Waals surface area contributed by atoms with Gasteiger partial charge in [-0.15, -0.1) is 0 Å². The normalized spacial score (nSPS) is 17.0. The van der Waals surface area contributed by atoms with Crippen LogP contribution in [-0.2, 0) is 16.0 Å². The molecule has 1 aromatic rings. The topological polar surface area (TPSA) is 66.4 Å². The third-order valence-electron chi connectivity index (χ3n) is 4.05. The van der Waals surface area contributed by atoms with Gasteiger partial charge in [0.05, 0.1) is 6.42 Å². The van der Waals surface area contributed by atoms with Gasteiger partial charge in [-0.2, -0.15) is 0 Å². The summed E-state index contributed by atoms with van der Waals surface area (Å²) in [6.45, 7) is 0. The molecule has 0 radical (unpaired) electrons. The van der Waals surface area contributed by atoms with E-state index in [2.05, 4.69) is 5.32 Å². The fourth-order valence-corrected chi connectivity index (χ4v) is 2.91. The average molecular weight is 311 g/mol. The second-order valence-corrected chi connectivity index (χ2v) is 5.71. The highest BCUT2D eigenvalue weighted by Gasteiger charge is 2.30. The second-order valence-electron chi connectivity index (χ2n) is 5.71. The van der Waals surface area contributed by atoms with Crippen LogP contribution < -0.4 is 5.32 Å². The molecular weight excluding hydrogens is 292 g/mol. The molecular formula is C16H19F2NO3. The van der Waals surface area contributed by atoms with Gasteiger partial charge in [0, 0.05) is 0 Å². The monoisotopic (exact) mass is 311 g/mol. The smallest absolute Gasteiger partial charge is 0.326 e. The molecule has 0 unspecified atom stereocenters. The van der Waals surface area contributed by atoms with E-state index in [0.29, 0.717) is 5.56 Å². The lowest BCUT2D eigenvalue weighted by molar-refractivity contribution is -0.143. The fraction of sp³-hybridized carbons (Fsp3) is 0.500. The summed E-state index contributed by atoms with van der Waals surface area (Å²) in [6, 6.07) is 2.30. The Morgan fingerprint density at radius 1 is 1.18 bits per heavy atom. The Labute approximate surface area is 127 Å². The molecule has 1 atom stereocenters. The largest absolute Gasteiger partial charge is 0.480 e. The first-order valence-corrected chi connectivity index (χ1v) is 7.43. The van der Waals surface area contributed by atoms with Crippen molar-refractivity contribution in [3.8, 4) is 0 Å². The number of nitrogens with one attached hydrogen (secondary N) is 1. The zero-order valence-electron chi connectivity index (χ0n) is 12.1. The Balaban J connectivity index is 1.98. The highest BCUT2D eigenvalue weighted by atomic mass is 19.2. The maximum absolute atomic E-state index is 13.1. The fourth-order valence-electron chi connectivity index (χ4n) is 2.91. The molecule has 6 heteroatoms. The first kappa shape index (κ1) is 16.4. The summed E-state index contributed by atoms with van der Waals surface area (Å²) in [5.41, 5.74) is 0.309. The predicted octanol–water partition coefficient (Wildman–Crippen LogP) is 2.66. The molecule has 1 saturated carbocycles. The van der Waals surface area contributed by atoms with Gasteiger partial charge < -0.3 is 10.4 Å². The van der Waals surface area contributed by atoms with E-state index in [1.165, 1.54) is 6.07 Å². The number of rotatable bonds is 5. The molecule has 22 heavy (non-hydrogen) atoms. The molecule has 1 aliphatic rings. The summed E-state index contributed by atoms with van der Waals surface area (Å²) in [7, 11) is 0. The standard InChI is InChI=1S/C16H19F2NO3/c17-12-7-6-10(8-13(12)18)9-14(20)19-15(16(21)22)11-4-2-1-3-5-11/h6-8,11,15H,1-5,9H2,(H,19,20)(H,21,22)/t15-/m0/s1. The van der Waals surface area contributed by atoms with E-state index >= 15 is 0 Å². The summed E-state index contributed by atoms with van der Waals surface area (Å²) in [5.74, 6) is -3.61. The summed E-state index contributed by atoms with van der Waals surface area (Å²) in [5, 5.41) is 11.8. The van der Waals surface area contributed by atoms with Crippen LogP contribution in [0, 0.1) is 17.6 Å². The van der Waals surface area contributed by atoms with Crippen LogP contribution in [0.25, 0.3) is 0 Å². The SMILES string of the molecule is O=C(Cc1ccc(F)c(F)c1)N[C@H](C(=O)O)C1CCCCC1. The first-order valence-electron chi connectivity index (χ1n) is 7.43. The number of carbonyl (C=O) groups excluding carboxylic acids is 1. The zero-order chi connectivity index (χ0) is 16.1. The number of halogens is 2. The molecule has 0 spiro atoms. The van der Waals surface area contributed by atoms with Crippen LogP contribution in [0.5, 0.6) is 0 Å². The molecule has 1 fully saturated rings. The van der Waals surface area contributed by atoms with Crippen LogP contribution in [-0.4, -0.2) is 23.0 Å². The molecule has 120 valence electrons. The molecule has 0 heterocycles. The van der Waals surface area contributed by atoms with Gasteiger partial charge in [-0.3, -0.25) is 4.79 Å². The molecule has 4 nitrogen and oxygen atoms in total. The lowest BCUT2D eigenvalue weighted by Gasteiger charge is -2.28. The number of carbonyl (C=O) groups is 2. The van der Waals surface area contributed by atoms with Crippen molar-refractivity contribution in [2.24, 2.45) is 5.92 Å². The first-order chi connectivity index (χ1) is 10.5. The quantitative estimate of drug-likeness (QED) is 0.878. The lowest BCUT2D eigenvalue weighted by atomic mass is 9.84. The van der Waals surface area contributed by atoms with E-state index in [1.54, 1.807) is 0 Å². The Morgan fingerprint density at radius 3 is 2.45 bits per heavy atom. The maximum Gasteiger partial charge on any atom is 0.326 e. The Bertz CT molecular complexity index is 556. The van der Waals surface area contributed by atoms with Gasteiger partial charge >= 0.3 is 5.97 Å². The predicted molar refractivity (Wildman–Crippen MR) is 76.2 cm³/mol.